The lowest BCUT2D eigenvalue weighted by atomic mass is 9.91. The molecule has 0 amide bonds. The van der Waals surface area contributed by atoms with E-state index in [4.69, 9.17) is 0 Å². The van der Waals surface area contributed by atoms with E-state index in [0.29, 0.717) is 6.42 Å². The maximum Gasteiger partial charge on any atom is 0.0994 e. The van der Waals surface area contributed by atoms with Crippen molar-refractivity contribution in [1.29, 1.82) is 5.26 Å². The molecule has 2 heteroatoms. The Hall–Kier alpha value is -1.33. The van der Waals surface area contributed by atoms with Crippen molar-refractivity contribution in [2.75, 3.05) is 0 Å². The van der Waals surface area contributed by atoms with Gasteiger partial charge in [-0.25, -0.2) is 0 Å². The molecule has 0 radical (unpaired) electrons. The van der Waals surface area contributed by atoms with Gasteiger partial charge >= 0.3 is 0 Å². The van der Waals surface area contributed by atoms with Gasteiger partial charge in [-0.1, -0.05) is 33.3 Å². The van der Waals surface area contributed by atoms with Crippen molar-refractivity contribution in [3.63, 3.8) is 0 Å². The number of benzene rings is 1. The van der Waals surface area contributed by atoms with Crippen molar-refractivity contribution in [3.05, 3.63) is 34.4 Å². The second-order valence-electron chi connectivity index (χ2n) is 5.32. The van der Waals surface area contributed by atoms with Crippen LogP contribution in [0.5, 0.6) is 0 Å². The van der Waals surface area contributed by atoms with E-state index in [1.807, 2.05) is 26.8 Å². The molecule has 0 spiro atoms. The number of hydrogen-bond donors (Lipinski definition) is 1. The molecule has 0 fully saturated rings. The predicted molar refractivity (Wildman–Crippen MR) is 74.4 cm³/mol. The maximum atomic E-state index is 9.99. The largest absolute Gasteiger partial charge is 0.393 e. The van der Waals surface area contributed by atoms with Crippen molar-refractivity contribution in [2.24, 2.45) is 5.92 Å². The molecule has 0 saturated carbocycles. The average Bonchev–Trinajstić information content (AvgIpc) is 2.32. The lowest BCUT2D eigenvalue weighted by Gasteiger charge is -2.17. The predicted octanol–water partition coefficient (Wildman–Crippen LogP) is 3.38. The first-order valence-electron chi connectivity index (χ1n) is 6.70. The molecule has 98 valence electrons. The molecule has 0 aliphatic heterocycles. The van der Waals surface area contributed by atoms with Gasteiger partial charge in [0.25, 0.3) is 0 Å². The van der Waals surface area contributed by atoms with Crippen molar-refractivity contribution in [3.8, 4) is 6.07 Å². The number of hydrogen-bond acceptors (Lipinski definition) is 2. The van der Waals surface area contributed by atoms with E-state index >= 15 is 0 Å². The van der Waals surface area contributed by atoms with Gasteiger partial charge in [-0.15, -0.1) is 0 Å². The van der Waals surface area contributed by atoms with Crippen LogP contribution in [0.2, 0.25) is 0 Å². The summed E-state index contributed by atoms with van der Waals surface area (Å²) in [5.74, 6) is 0.214. The molecule has 2 nitrogen and oxygen atoms in total. The number of aliphatic hydroxyl groups is 1. The minimum absolute atomic E-state index is 0.214. The molecular weight excluding hydrogens is 222 g/mol. The molecule has 0 aromatic heterocycles. The van der Waals surface area contributed by atoms with E-state index in [1.54, 1.807) is 0 Å². The molecule has 0 aliphatic carbocycles. The fourth-order valence-corrected chi connectivity index (χ4v) is 2.14. The van der Waals surface area contributed by atoms with E-state index in [9.17, 15) is 10.4 Å². The fraction of sp³-hybridized carbons (Fsp3) is 0.562. The van der Waals surface area contributed by atoms with E-state index in [2.05, 4.69) is 19.1 Å². The molecule has 0 saturated heterocycles. The van der Waals surface area contributed by atoms with Gasteiger partial charge in [-0.05, 0) is 42.0 Å². The molecule has 1 aromatic rings. The Morgan fingerprint density at radius 2 is 2.00 bits per heavy atom. The summed E-state index contributed by atoms with van der Waals surface area (Å²) < 4.78 is 0. The van der Waals surface area contributed by atoms with E-state index in [-0.39, 0.29) is 12.0 Å². The van der Waals surface area contributed by atoms with Crippen LogP contribution in [0.15, 0.2) is 12.1 Å². The molecule has 1 atom stereocenters. The minimum Gasteiger partial charge on any atom is -0.393 e. The molecule has 0 bridgehead atoms. The zero-order valence-corrected chi connectivity index (χ0v) is 11.8. The third kappa shape index (κ3) is 3.58. The summed E-state index contributed by atoms with van der Waals surface area (Å²) in [5.41, 5.74) is 4.06. The normalized spacial score (nSPS) is 12.5. The smallest absolute Gasteiger partial charge is 0.0994 e. The fourth-order valence-electron chi connectivity index (χ4n) is 2.14. The van der Waals surface area contributed by atoms with Gasteiger partial charge in [0.05, 0.1) is 17.7 Å². The van der Waals surface area contributed by atoms with Gasteiger partial charge in [0, 0.05) is 6.42 Å². The highest BCUT2D eigenvalue weighted by molar-refractivity contribution is 5.46. The highest BCUT2D eigenvalue weighted by Gasteiger charge is 2.15. The minimum atomic E-state index is -0.382. The van der Waals surface area contributed by atoms with Crippen LogP contribution >= 0.6 is 0 Å². The third-order valence-electron chi connectivity index (χ3n) is 3.37. The van der Waals surface area contributed by atoms with Gasteiger partial charge in [0.2, 0.25) is 0 Å². The summed E-state index contributed by atoms with van der Waals surface area (Å²) in [6.07, 6.45) is 2.27. The Kier molecular flexibility index (Phi) is 5.37. The van der Waals surface area contributed by atoms with Gasteiger partial charge in [-0.3, -0.25) is 0 Å². The lowest BCUT2D eigenvalue weighted by molar-refractivity contribution is 0.125. The van der Waals surface area contributed by atoms with Gasteiger partial charge in [0.1, 0.15) is 0 Å². The highest BCUT2D eigenvalue weighted by atomic mass is 16.3. The maximum absolute atomic E-state index is 9.99. The van der Waals surface area contributed by atoms with E-state index in [1.165, 1.54) is 5.56 Å². The summed E-state index contributed by atoms with van der Waals surface area (Å²) in [4.78, 5) is 0. The summed E-state index contributed by atoms with van der Waals surface area (Å²) in [5, 5.41) is 19.2. The summed E-state index contributed by atoms with van der Waals surface area (Å²) in [7, 11) is 0. The lowest BCUT2D eigenvalue weighted by Crippen LogP contribution is -2.19. The van der Waals surface area contributed by atoms with Crippen LogP contribution < -0.4 is 0 Å². The van der Waals surface area contributed by atoms with Crippen LogP contribution in [0.4, 0.5) is 0 Å². The number of aliphatic hydroxyl groups excluding tert-OH is 1. The van der Waals surface area contributed by atoms with Crippen molar-refractivity contribution < 1.29 is 5.11 Å². The molecule has 0 heterocycles. The quantitative estimate of drug-likeness (QED) is 0.864. The monoisotopic (exact) mass is 245 g/mol. The van der Waals surface area contributed by atoms with Gasteiger partial charge in [-0.2, -0.15) is 5.26 Å². The van der Waals surface area contributed by atoms with Crippen LogP contribution in [0, 0.1) is 24.2 Å². The van der Waals surface area contributed by atoms with Gasteiger partial charge < -0.3 is 5.11 Å². The Labute approximate surface area is 110 Å². The Morgan fingerprint density at radius 3 is 2.50 bits per heavy atom. The molecule has 1 aromatic carbocycles. The topological polar surface area (TPSA) is 44.0 Å². The van der Waals surface area contributed by atoms with Crippen LogP contribution in [0.1, 0.15) is 49.4 Å². The highest BCUT2D eigenvalue weighted by Crippen LogP contribution is 2.21. The van der Waals surface area contributed by atoms with Crippen LogP contribution in [0.25, 0.3) is 0 Å². The number of aryl methyl sites for hydroxylation is 2. The SMILES string of the molecule is CCCc1cc(C)c(CC(O)C(C)C)c(C#N)c1. The Balaban J connectivity index is 3.08. The first kappa shape index (κ1) is 14.7. The van der Waals surface area contributed by atoms with Crippen LogP contribution in [0.3, 0.4) is 0 Å². The molecule has 0 aliphatic rings. The van der Waals surface area contributed by atoms with Crippen LogP contribution in [-0.4, -0.2) is 11.2 Å². The summed E-state index contributed by atoms with van der Waals surface area (Å²) in [6, 6.07) is 6.39. The Morgan fingerprint density at radius 1 is 1.33 bits per heavy atom. The molecule has 18 heavy (non-hydrogen) atoms. The number of nitriles is 1. The van der Waals surface area contributed by atoms with Crippen molar-refractivity contribution in [2.45, 2.75) is 53.1 Å². The molecule has 1 N–H and O–H groups in total. The van der Waals surface area contributed by atoms with E-state index in [0.717, 1.165) is 29.5 Å². The van der Waals surface area contributed by atoms with Crippen molar-refractivity contribution in [1.82, 2.24) is 0 Å². The average molecular weight is 245 g/mol. The van der Waals surface area contributed by atoms with Crippen LogP contribution in [-0.2, 0) is 12.8 Å². The third-order valence-corrected chi connectivity index (χ3v) is 3.37. The summed E-state index contributed by atoms with van der Waals surface area (Å²) in [6.45, 7) is 8.16. The number of rotatable bonds is 5. The first-order valence-corrected chi connectivity index (χ1v) is 6.70. The van der Waals surface area contributed by atoms with E-state index < -0.39 is 0 Å². The second kappa shape index (κ2) is 6.56. The second-order valence-corrected chi connectivity index (χ2v) is 5.32. The first-order chi connectivity index (χ1) is 8.49. The Bertz CT molecular complexity index is 443. The summed E-state index contributed by atoms with van der Waals surface area (Å²) >= 11 is 0. The standard InChI is InChI=1S/C16H23NO/c1-5-6-13-7-12(4)15(14(8-13)10-17)9-16(18)11(2)3/h7-8,11,16,18H,5-6,9H2,1-4H3. The van der Waals surface area contributed by atoms with Crippen molar-refractivity contribution >= 4 is 0 Å². The zero-order valence-electron chi connectivity index (χ0n) is 11.8. The zero-order chi connectivity index (χ0) is 13.7. The molecule has 1 rings (SSSR count). The molecular formula is C16H23NO. The number of nitrogens with zero attached hydrogens (tertiary/aromatic N) is 1. The molecule has 1 unspecified atom stereocenters. The van der Waals surface area contributed by atoms with Gasteiger partial charge in [0.15, 0.2) is 0 Å².